The maximum absolute atomic E-state index is 4.56. The maximum Gasteiger partial charge on any atom is 0.128 e. The van der Waals surface area contributed by atoms with Crippen LogP contribution < -0.4 is 0 Å². The van der Waals surface area contributed by atoms with E-state index in [1.165, 1.54) is 0 Å². The molecule has 0 spiro atoms. The fraction of sp³-hybridized carbons (Fsp3) is 0.273. The van der Waals surface area contributed by atoms with Gasteiger partial charge in [0.1, 0.15) is 4.60 Å². The first-order chi connectivity index (χ1) is 6.68. The van der Waals surface area contributed by atoms with Gasteiger partial charge in [-0.15, -0.1) is 0 Å². The van der Waals surface area contributed by atoms with Crippen molar-refractivity contribution in [1.29, 1.82) is 0 Å². The van der Waals surface area contributed by atoms with E-state index in [1.807, 2.05) is 24.3 Å². The summed E-state index contributed by atoms with van der Waals surface area (Å²) in [5.74, 6) is 0.390. The molecule has 0 aliphatic rings. The van der Waals surface area contributed by atoms with Crippen molar-refractivity contribution in [3.05, 3.63) is 34.6 Å². The Labute approximate surface area is 91.5 Å². The number of nitrogens with zero attached hydrogens (tertiary/aromatic N) is 2. The first kappa shape index (κ1) is 9.59. The summed E-state index contributed by atoms with van der Waals surface area (Å²) in [6, 6.07) is 7.91. The molecule has 0 unspecified atom stereocenters. The summed E-state index contributed by atoms with van der Waals surface area (Å²) >= 11 is 3.44. The predicted octanol–water partition coefficient (Wildman–Crippen LogP) is 3.52. The van der Waals surface area contributed by atoms with Crippen LogP contribution in [-0.4, -0.2) is 9.97 Å². The zero-order valence-electron chi connectivity index (χ0n) is 8.16. The van der Waals surface area contributed by atoms with Gasteiger partial charge in [0.2, 0.25) is 0 Å². The van der Waals surface area contributed by atoms with Crippen LogP contribution in [0.3, 0.4) is 0 Å². The second kappa shape index (κ2) is 3.65. The topological polar surface area (TPSA) is 25.8 Å². The van der Waals surface area contributed by atoms with E-state index in [0.29, 0.717) is 5.92 Å². The monoisotopic (exact) mass is 250 g/mol. The SMILES string of the molecule is CC(C)c1nc2ccccc2nc1Br. The molecular formula is C11H11BrN2. The lowest BCUT2D eigenvalue weighted by molar-refractivity contribution is 0.813. The number of fused-ring (bicyclic) bond motifs is 1. The first-order valence-corrected chi connectivity index (χ1v) is 5.40. The van der Waals surface area contributed by atoms with Crippen molar-refractivity contribution in [1.82, 2.24) is 9.97 Å². The first-order valence-electron chi connectivity index (χ1n) is 4.60. The van der Waals surface area contributed by atoms with Crippen LogP contribution in [0.15, 0.2) is 28.9 Å². The van der Waals surface area contributed by atoms with E-state index in [2.05, 4.69) is 39.7 Å². The minimum absolute atomic E-state index is 0.390. The molecule has 14 heavy (non-hydrogen) atoms. The van der Waals surface area contributed by atoms with Crippen LogP contribution in [0.1, 0.15) is 25.5 Å². The fourth-order valence-corrected chi connectivity index (χ4v) is 2.10. The molecule has 3 heteroatoms. The number of para-hydroxylation sites is 2. The Bertz CT molecular complexity index is 466. The standard InChI is InChI=1S/C11H11BrN2/c1-7(2)10-11(12)14-9-6-4-3-5-8(9)13-10/h3-7H,1-2H3. The molecule has 1 heterocycles. The quantitative estimate of drug-likeness (QED) is 0.774. The van der Waals surface area contributed by atoms with Crippen molar-refractivity contribution in [3.63, 3.8) is 0 Å². The summed E-state index contributed by atoms with van der Waals surface area (Å²) < 4.78 is 0.853. The van der Waals surface area contributed by atoms with Crippen molar-refractivity contribution in [2.24, 2.45) is 0 Å². The zero-order chi connectivity index (χ0) is 10.1. The molecule has 1 aromatic heterocycles. The molecule has 72 valence electrons. The number of hydrogen-bond donors (Lipinski definition) is 0. The zero-order valence-corrected chi connectivity index (χ0v) is 9.75. The van der Waals surface area contributed by atoms with E-state index in [1.54, 1.807) is 0 Å². The van der Waals surface area contributed by atoms with Gasteiger partial charge in [0, 0.05) is 0 Å². The lowest BCUT2D eigenvalue weighted by Gasteiger charge is -2.07. The third-order valence-electron chi connectivity index (χ3n) is 2.10. The van der Waals surface area contributed by atoms with Crippen LogP contribution in [0.2, 0.25) is 0 Å². The number of aromatic nitrogens is 2. The lowest BCUT2D eigenvalue weighted by Crippen LogP contribution is -1.97. The minimum Gasteiger partial charge on any atom is -0.248 e. The molecule has 2 aromatic rings. The Hall–Kier alpha value is -0.960. The van der Waals surface area contributed by atoms with E-state index < -0.39 is 0 Å². The lowest BCUT2D eigenvalue weighted by atomic mass is 10.1. The van der Waals surface area contributed by atoms with Crippen LogP contribution in [0.5, 0.6) is 0 Å². The van der Waals surface area contributed by atoms with E-state index in [-0.39, 0.29) is 0 Å². The molecule has 1 aromatic carbocycles. The second-order valence-electron chi connectivity index (χ2n) is 3.54. The highest BCUT2D eigenvalue weighted by atomic mass is 79.9. The molecule has 2 rings (SSSR count). The van der Waals surface area contributed by atoms with Crippen molar-refractivity contribution < 1.29 is 0 Å². The molecule has 0 saturated carbocycles. The fourth-order valence-electron chi connectivity index (χ4n) is 1.36. The Morgan fingerprint density at radius 3 is 2.21 bits per heavy atom. The van der Waals surface area contributed by atoms with E-state index in [9.17, 15) is 0 Å². The van der Waals surface area contributed by atoms with Crippen LogP contribution in [0.4, 0.5) is 0 Å². The smallest absolute Gasteiger partial charge is 0.128 e. The van der Waals surface area contributed by atoms with E-state index in [0.717, 1.165) is 21.3 Å². The molecule has 0 N–H and O–H groups in total. The van der Waals surface area contributed by atoms with Gasteiger partial charge in [0.15, 0.2) is 0 Å². The van der Waals surface area contributed by atoms with E-state index >= 15 is 0 Å². The molecule has 0 radical (unpaired) electrons. The molecule has 2 nitrogen and oxygen atoms in total. The van der Waals surface area contributed by atoms with Gasteiger partial charge in [-0.25, -0.2) is 9.97 Å². The number of rotatable bonds is 1. The third-order valence-corrected chi connectivity index (χ3v) is 2.68. The van der Waals surface area contributed by atoms with Gasteiger partial charge in [0.25, 0.3) is 0 Å². The summed E-state index contributed by atoms with van der Waals surface area (Å²) in [6.07, 6.45) is 0. The molecular weight excluding hydrogens is 240 g/mol. The summed E-state index contributed by atoms with van der Waals surface area (Å²) in [6.45, 7) is 4.23. The Kier molecular flexibility index (Phi) is 2.50. The normalized spacial score (nSPS) is 11.1. The summed E-state index contributed by atoms with van der Waals surface area (Å²) in [7, 11) is 0. The van der Waals surface area contributed by atoms with Crippen molar-refractivity contribution in [2.75, 3.05) is 0 Å². The second-order valence-corrected chi connectivity index (χ2v) is 4.29. The Morgan fingerprint density at radius 2 is 1.64 bits per heavy atom. The molecule has 0 saturated heterocycles. The molecule has 0 atom stereocenters. The van der Waals surface area contributed by atoms with Crippen molar-refractivity contribution >= 4 is 27.0 Å². The van der Waals surface area contributed by atoms with Gasteiger partial charge in [-0.05, 0) is 34.0 Å². The average molecular weight is 251 g/mol. The minimum atomic E-state index is 0.390. The van der Waals surface area contributed by atoms with Gasteiger partial charge >= 0.3 is 0 Å². The molecule has 0 amide bonds. The Balaban J connectivity index is 2.71. The highest BCUT2D eigenvalue weighted by Gasteiger charge is 2.08. The van der Waals surface area contributed by atoms with Gasteiger partial charge in [-0.3, -0.25) is 0 Å². The van der Waals surface area contributed by atoms with Crippen LogP contribution >= 0.6 is 15.9 Å². The number of benzene rings is 1. The predicted molar refractivity (Wildman–Crippen MR) is 61.3 cm³/mol. The Morgan fingerprint density at radius 1 is 1.07 bits per heavy atom. The summed E-state index contributed by atoms with van der Waals surface area (Å²) in [4.78, 5) is 9.02. The molecule has 0 fully saturated rings. The largest absolute Gasteiger partial charge is 0.248 e. The van der Waals surface area contributed by atoms with Crippen molar-refractivity contribution in [3.8, 4) is 0 Å². The molecule has 0 bridgehead atoms. The highest BCUT2D eigenvalue weighted by molar-refractivity contribution is 9.10. The highest BCUT2D eigenvalue weighted by Crippen LogP contribution is 2.23. The summed E-state index contributed by atoms with van der Waals surface area (Å²) in [5.41, 5.74) is 2.91. The third kappa shape index (κ3) is 1.64. The van der Waals surface area contributed by atoms with Gasteiger partial charge in [-0.2, -0.15) is 0 Å². The summed E-state index contributed by atoms with van der Waals surface area (Å²) in [5, 5.41) is 0. The van der Waals surface area contributed by atoms with Crippen LogP contribution in [-0.2, 0) is 0 Å². The number of halogens is 1. The molecule has 0 aliphatic carbocycles. The number of hydrogen-bond acceptors (Lipinski definition) is 2. The van der Waals surface area contributed by atoms with Gasteiger partial charge in [0.05, 0.1) is 16.7 Å². The van der Waals surface area contributed by atoms with Crippen LogP contribution in [0, 0.1) is 0 Å². The maximum atomic E-state index is 4.56. The van der Waals surface area contributed by atoms with Crippen molar-refractivity contribution in [2.45, 2.75) is 19.8 Å². The van der Waals surface area contributed by atoms with E-state index in [4.69, 9.17) is 0 Å². The van der Waals surface area contributed by atoms with Crippen LogP contribution in [0.25, 0.3) is 11.0 Å². The molecule has 0 aliphatic heterocycles. The van der Waals surface area contributed by atoms with Gasteiger partial charge < -0.3 is 0 Å². The van der Waals surface area contributed by atoms with Gasteiger partial charge in [-0.1, -0.05) is 26.0 Å². The average Bonchev–Trinajstić information content (AvgIpc) is 2.16.